The Bertz CT molecular complexity index is 795. The monoisotopic (exact) mass is 354 g/mol. The minimum atomic E-state index is -0.434. The summed E-state index contributed by atoms with van der Waals surface area (Å²) in [5.74, 6) is -0.106. The number of carbonyl (C=O) groups excluding carboxylic acids is 1. The van der Waals surface area contributed by atoms with E-state index in [0.29, 0.717) is 24.9 Å². The van der Waals surface area contributed by atoms with Gasteiger partial charge in [0.25, 0.3) is 5.91 Å². The van der Waals surface area contributed by atoms with E-state index >= 15 is 0 Å². The molecule has 0 aliphatic carbocycles. The Labute approximate surface area is 152 Å². The number of carbonyl (C=O) groups is 1. The molecule has 1 amide bonds. The van der Waals surface area contributed by atoms with E-state index in [-0.39, 0.29) is 5.91 Å². The number of anilines is 2. The highest BCUT2D eigenvalue weighted by atomic mass is 16.7. The second-order valence-electron chi connectivity index (χ2n) is 6.61. The zero-order valence-electron chi connectivity index (χ0n) is 14.8. The van der Waals surface area contributed by atoms with Crippen molar-refractivity contribution in [2.24, 2.45) is 0 Å². The predicted octanol–water partition coefficient (Wildman–Crippen LogP) is 2.38. The average Bonchev–Trinajstić information content (AvgIpc) is 3.12. The minimum Gasteiger partial charge on any atom is -0.347 e. The number of ether oxygens (including phenoxy) is 2. The molecule has 2 saturated heterocycles. The first-order chi connectivity index (χ1) is 12.7. The quantitative estimate of drug-likeness (QED) is 0.912. The molecule has 1 aromatic heterocycles. The lowest BCUT2D eigenvalue weighted by molar-refractivity contribution is -0.169. The van der Waals surface area contributed by atoms with Crippen LogP contribution in [0.15, 0.2) is 36.5 Å². The van der Waals surface area contributed by atoms with Crippen LogP contribution in [-0.4, -0.2) is 48.0 Å². The third-order valence-corrected chi connectivity index (χ3v) is 4.89. The Morgan fingerprint density at radius 2 is 1.88 bits per heavy atom. The zero-order valence-corrected chi connectivity index (χ0v) is 14.8. The summed E-state index contributed by atoms with van der Waals surface area (Å²) < 4.78 is 11.5. The largest absolute Gasteiger partial charge is 0.347 e. The summed E-state index contributed by atoms with van der Waals surface area (Å²) in [5.41, 5.74) is 2.15. The van der Waals surface area contributed by atoms with Gasteiger partial charge in [0.15, 0.2) is 5.79 Å². The van der Waals surface area contributed by atoms with Gasteiger partial charge in [-0.2, -0.15) is 0 Å². The number of para-hydroxylation sites is 1. The fraction of sp³-hybridized carbons (Fsp3) is 0.421. The standard InChI is InChI=1S/C19H22N4O3/c1-14-4-2-3-5-15(14)21-17(24)16-6-9-20-18(22-16)23-10-7-19(8-11-23)25-12-13-26-19/h2-6,9H,7-8,10-13H2,1H3,(H,21,24). The second-order valence-corrected chi connectivity index (χ2v) is 6.61. The second kappa shape index (κ2) is 7.01. The Hall–Kier alpha value is -2.51. The lowest BCUT2D eigenvalue weighted by Gasteiger charge is -2.37. The van der Waals surface area contributed by atoms with Crippen molar-refractivity contribution in [1.29, 1.82) is 0 Å². The summed E-state index contributed by atoms with van der Waals surface area (Å²) >= 11 is 0. The Kier molecular flexibility index (Phi) is 4.57. The van der Waals surface area contributed by atoms with Crippen molar-refractivity contribution in [3.8, 4) is 0 Å². The van der Waals surface area contributed by atoms with Crippen molar-refractivity contribution in [2.45, 2.75) is 25.6 Å². The summed E-state index contributed by atoms with van der Waals surface area (Å²) in [4.78, 5) is 23.4. The van der Waals surface area contributed by atoms with Gasteiger partial charge in [0.1, 0.15) is 5.69 Å². The van der Waals surface area contributed by atoms with Crippen molar-refractivity contribution in [2.75, 3.05) is 36.5 Å². The third kappa shape index (κ3) is 3.40. The first-order valence-corrected chi connectivity index (χ1v) is 8.88. The fourth-order valence-electron chi connectivity index (χ4n) is 3.36. The Balaban J connectivity index is 1.45. The van der Waals surface area contributed by atoms with Gasteiger partial charge in [-0.05, 0) is 24.6 Å². The van der Waals surface area contributed by atoms with Crippen LogP contribution in [0.5, 0.6) is 0 Å². The van der Waals surface area contributed by atoms with E-state index in [1.807, 2.05) is 31.2 Å². The number of piperidine rings is 1. The molecule has 1 aromatic carbocycles. The molecule has 0 unspecified atom stereocenters. The van der Waals surface area contributed by atoms with Gasteiger partial charge in [-0.1, -0.05) is 18.2 Å². The maximum atomic E-state index is 12.5. The molecule has 7 heteroatoms. The predicted molar refractivity (Wildman–Crippen MR) is 97.2 cm³/mol. The summed E-state index contributed by atoms with van der Waals surface area (Å²) in [7, 11) is 0. The smallest absolute Gasteiger partial charge is 0.274 e. The number of nitrogens with one attached hydrogen (secondary N) is 1. The highest BCUT2D eigenvalue weighted by Crippen LogP contribution is 2.32. The van der Waals surface area contributed by atoms with Gasteiger partial charge >= 0.3 is 0 Å². The molecule has 2 fully saturated rings. The normalized spacial score (nSPS) is 18.9. The molecule has 136 valence electrons. The molecule has 2 aliphatic heterocycles. The maximum absolute atomic E-state index is 12.5. The van der Waals surface area contributed by atoms with Gasteiger partial charge in [0, 0.05) is 37.8 Å². The van der Waals surface area contributed by atoms with Gasteiger partial charge in [0.2, 0.25) is 5.95 Å². The minimum absolute atomic E-state index is 0.237. The van der Waals surface area contributed by atoms with Crippen molar-refractivity contribution >= 4 is 17.5 Å². The molecular weight excluding hydrogens is 332 g/mol. The van der Waals surface area contributed by atoms with E-state index in [2.05, 4.69) is 20.2 Å². The molecule has 3 heterocycles. The number of benzene rings is 1. The zero-order chi connectivity index (χ0) is 18.0. The van der Waals surface area contributed by atoms with Crippen LogP contribution in [0.3, 0.4) is 0 Å². The molecule has 1 N–H and O–H groups in total. The molecule has 26 heavy (non-hydrogen) atoms. The first kappa shape index (κ1) is 16.9. The number of hydrogen-bond acceptors (Lipinski definition) is 6. The lowest BCUT2D eigenvalue weighted by atomic mass is 10.0. The molecular formula is C19H22N4O3. The number of hydrogen-bond donors (Lipinski definition) is 1. The Morgan fingerprint density at radius 3 is 2.62 bits per heavy atom. The summed E-state index contributed by atoms with van der Waals surface area (Å²) in [6.07, 6.45) is 3.17. The van der Waals surface area contributed by atoms with E-state index in [1.54, 1.807) is 12.3 Å². The maximum Gasteiger partial charge on any atom is 0.274 e. The van der Waals surface area contributed by atoms with Gasteiger partial charge < -0.3 is 19.7 Å². The van der Waals surface area contributed by atoms with Crippen LogP contribution in [0, 0.1) is 6.92 Å². The molecule has 2 aromatic rings. The van der Waals surface area contributed by atoms with Crippen LogP contribution >= 0.6 is 0 Å². The van der Waals surface area contributed by atoms with Crippen molar-refractivity contribution in [3.63, 3.8) is 0 Å². The number of aryl methyl sites for hydroxylation is 1. The molecule has 0 bridgehead atoms. The molecule has 0 atom stereocenters. The summed E-state index contributed by atoms with van der Waals surface area (Å²) in [6, 6.07) is 9.30. The molecule has 2 aliphatic rings. The van der Waals surface area contributed by atoms with Crippen molar-refractivity contribution < 1.29 is 14.3 Å². The van der Waals surface area contributed by atoms with Crippen LogP contribution in [-0.2, 0) is 9.47 Å². The molecule has 0 radical (unpaired) electrons. The number of nitrogens with zero attached hydrogens (tertiary/aromatic N) is 3. The van der Waals surface area contributed by atoms with Crippen LogP contribution in [0.25, 0.3) is 0 Å². The van der Waals surface area contributed by atoms with Crippen LogP contribution < -0.4 is 10.2 Å². The first-order valence-electron chi connectivity index (χ1n) is 8.88. The molecule has 0 saturated carbocycles. The van der Waals surface area contributed by atoms with Crippen LogP contribution in [0.4, 0.5) is 11.6 Å². The third-order valence-electron chi connectivity index (χ3n) is 4.89. The number of rotatable bonds is 3. The SMILES string of the molecule is Cc1ccccc1NC(=O)c1ccnc(N2CCC3(CC2)OCCO3)n1. The van der Waals surface area contributed by atoms with Crippen LogP contribution in [0.2, 0.25) is 0 Å². The van der Waals surface area contributed by atoms with E-state index in [9.17, 15) is 4.79 Å². The van der Waals surface area contributed by atoms with Gasteiger partial charge in [-0.15, -0.1) is 0 Å². The van der Waals surface area contributed by atoms with E-state index < -0.39 is 5.79 Å². The molecule has 7 nitrogen and oxygen atoms in total. The average molecular weight is 354 g/mol. The summed E-state index contributed by atoms with van der Waals surface area (Å²) in [5, 5.41) is 2.91. The van der Waals surface area contributed by atoms with Gasteiger partial charge in [0.05, 0.1) is 13.2 Å². The van der Waals surface area contributed by atoms with Gasteiger partial charge in [-0.25, -0.2) is 9.97 Å². The van der Waals surface area contributed by atoms with E-state index in [1.165, 1.54) is 0 Å². The number of amides is 1. The van der Waals surface area contributed by atoms with Crippen LogP contribution in [0.1, 0.15) is 28.9 Å². The van der Waals surface area contributed by atoms with Crippen molar-refractivity contribution in [3.05, 3.63) is 47.8 Å². The highest BCUT2D eigenvalue weighted by molar-refractivity contribution is 6.03. The van der Waals surface area contributed by atoms with E-state index in [4.69, 9.17) is 9.47 Å². The summed E-state index contributed by atoms with van der Waals surface area (Å²) in [6.45, 7) is 4.75. The van der Waals surface area contributed by atoms with E-state index in [0.717, 1.165) is 37.2 Å². The topological polar surface area (TPSA) is 76.6 Å². The Morgan fingerprint density at radius 1 is 1.15 bits per heavy atom. The molecule has 4 rings (SSSR count). The van der Waals surface area contributed by atoms with Crippen molar-refractivity contribution in [1.82, 2.24) is 9.97 Å². The van der Waals surface area contributed by atoms with Gasteiger partial charge in [-0.3, -0.25) is 4.79 Å². The number of aromatic nitrogens is 2. The fourth-order valence-corrected chi connectivity index (χ4v) is 3.36. The lowest BCUT2D eigenvalue weighted by Crippen LogP contribution is -2.45. The highest BCUT2D eigenvalue weighted by Gasteiger charge is 2.40. The molecule has 1 spiro atoms.